The van der Waals surface area contributed by atoms with Crippen LogP contribution < -0.4 is 15.2 Å². The van der Waals surface area contributed by atoms with E-state index in [1.165, 1.54) is 0 Å². The molecule has 0 saturated heterocycles. The van der Waals surface area contributed by atoms with Gasteiger partial charge in [-0.1, -0.05) is 22.0 Å². The number of benzene rings is 2. The van der Waals surface area contributed by atoms with Crippen molar-refractivity contribution in [1.82, 2.24) is 4.98 Å². The van der Waals surface area contributed by atoms with Gasteiger partial charge in [-0.15, -0.1) is 0 Å². The molecule has 1 amide bonds. The normalized spacial score (nSPS) is 11.9. The van der Waals surface area contributed by atoms with E-state index in [9.17, 15) is 4.79 Å². The monoisotopic (exact) mass is 400 g/mol. The topological polar surface area (TPSA) is 74.4 Å². The fourth-order valence-corrected chi connectivity index (χ4v) is 2.74. The molecule has 3 aromatic rings. The number of hydrogen-bond donors (Lipinski definition) is 1. The van der Waals surface area contributed by atoms with Crippen LogP contribution in [0.4, 0.5) is 0 Å². The molecule has 1 unspecified atom stereocenters. The molecule has 0 aliphatic carbocycles. The average Bonchev–Trinajstić information content (AvgIpc) is 2.55. The molecule has 2 N–H and O–H groups in total. The summed E-state index contributed by atoms with van der Waals surface area (Å²) < 4.78 is 12.4. The number of halogens is 1. The minimum atomic E-state index is -0.388. The average molecular weight is 401 g/mol. The second kappa shape index (κ2) is 7.53. The highest BCUT2D eigenvalue weighted by atomic mass is 79.9. The maximum Gasteiger partial charge on any atom is 0.221 e. The van der Waals surface area contributed by atoms with Gasteiger partial charge < -0.3 is 15.2 Å². The Morgan fingerprint density at radius 2 is 1.80 bits per heavy atom. The van der Waals surface area contributed by atoms with Gasteiger partial charge in [0.25, 0.3) is 0 Å². The third-order valence-electron chi connectivity index (χ3n) is 3.50. The number of carbonyl (C=O) groups excluding carboxylic acids is 1. The number of nitrogens with two attached hydrogens (primary N) is 1. The molecule has 0 saturated carbocycles. The smallest absolute Gasteiger partial charge is 0.221 e. The summed E-state index contributed by atoms with van der Waals surface area (Å²) in [5.74, 6) is 1.43. The molecule has 1 aromatic heterocycles. The summed E-state index contributed by atoms with van der Waals surface area (Å²) in [5.41, 5.74) is 6.01. The van der Waals surface area contributed by atoms with Crippen molar-refractivity contribution in [2.45, 2.75) is 19.4 Å². The molecule has 25 heavy (non-hydrogen) atoms. The predicted octanol–water partition coefficient (Wildman–Crippen LogP) is 4.43. The number of primary amides is 1. The molecule has 0 bridgehead atoms. The van der Waals surface area contributed by atoms with E-state index in [1.54, 1.807) is 31.2 Å². The lowest BCUT2D eigenvalue weighted by Crippen LogP contribution is -2.22. The number of nitrogens with zero attached hydrogens (tertiary/aromatic N) is 1. The van der Waals surface area contributed by atoms with E-state index in [1.807, 2.05) is 30.3 Å². The fourth-order valence-electron chi connectivity index (χ4n) is 2.39. The lowest BCUT2D eigenvalue weighted by molar-refractivity contribution is -0.119. The molecule has 3 rings (SSSR count). The summed E-state index contributed by atoms with van der Waals surface area (Å²) in [6, 6.07) is 16.9. The molecule has 1 heterocycles. The number of rotatable bonds is 6. The standard InChI is InChI=1S/C19H17BrN2O3/c1-12(10-18(21)23)24-15-5-7-16(8-6-15)25-19-9-3-13-2-4-14(20)11-17(13)22-19/h2-9,11-12H,10H2,1H3,(H2,21,23). The van der Waals surface area contributed by atoms with Gasteiger partial charge in [0.15, 0.2) is 0 Å². The number of aromatic nitrogens is 1. The van der Waals surface area contributed by atoms with Crippen LogP contribution in [0.5, 0.6) is 17.4 Å². The molecular formula is C19H17BrN2O3. The second-order valence-corrected chi connectivity index (χ2v) is 6.57. The van der Waals surface area contributed by atoms with E-state index in [0.717, 1.165) is 15.4 Å². The van der Waals surface area contributed by atoms with Crippen molar-refractivity contribution in [3.05, 3.63) is 59.1 Å². The van der Waals surface area contributed by atoms with Gasteiger partial charge >= 0.3 is 0 Å². The molecular weight excluding hydrogens is 384 g/mol. The Bertz CT molecular complexity index is 897. The maximum absolute atomic E-state index is 10.9. The highest BCUT2D eigenvalue weighted by Gasteiger charge is 2.08. The van der Waals surface area contributed by atoms with E-state index in [0.29, 0.717) is 17.4 Å². The van der Waals surface area contributed by atoms with Crippen molar-refractivity contribution >= 4 is 32.7 Å². The first-order valence-electron chi connectivity index (χ1n) is 7.79. The zero-order valence-corrected chi connectivity index (χ0v) is 15.2. The van der Waals surface area contributed by atoms with E-state index in [-0.39, 0.29) is 18.4 Å². The lowest BCUT2D eigenvalue weighted by Gasteiger charge is -2.13. The number of amides is 1. The first-order chi connectivity index (χ1) is 12.0. The molecule has 0 spiro atoms. The van der Waals surface area contributed by atoms with Gasteiger partial charge in [0.1, 0.15) is 17.6 Å². The zero-order valence-electron chi connectivity index (χ0n) is 13.6. The quantitative estimate of drug-likeness (QED) is 0.663. The van der Waals surface area contributed by atoms with Crippen LogP contribution in [0.15, 0.2) is 59.1 Å². The summed E-state index contributed by atoms with van der Waals surface area (Å²) in [6.07, 6.45) is -0.0979. The Morgan fingerprint density at radius 1 is 1.12 bits per heavy atom. The number of carbonyl (C=O) groups is 1. The minimum absolute atomic E-state index is 0.175. The molecule has 128 valence electrons. The van der Waals surface area contributed by atoms with Crippen molar-refractivity contribution in [3.63, 3.8) is 0 Å². The van der Waals surface area contributed by atoms with Gasteiger partial charge in [-0.3, -0.25) is 4.79 Å². The van der Waals surface area contributed by atoms with Crippen LogP contribution in [0.1, 0.15) is 13.3 Å². The van der Waals surface area contributed by atoms with Crippen LogP contribution in [0, 0.1) is 0 Å². The van der Waals surface area contributed by atoms with E-state index >= 15 is 0 Å². The zero-order chi connectivity index (χ0) is 17.8. The van der Waals surface area contributed by atoms with Crippen LogP contribution in [-0.2, 0) is 4.79 Å². The van der Waals surface area contributed by atoms with Crippen LogP contribution in [0.2, 0.25) is 0 Å². The number of ether oxygens (including phenoxy) is 2. The van der Waals surface area contributed by atoms with E-state index in [2.05, 4.69) is 20.9 Å². The van der Waals surface area contributed by atoms with Gasteiger partial charge in [0.2, 0.25) is 11.8 Å². The summed E-state index contributed by atoms with van der Waals surface area (Å²) in [5, 5.41) is 1.04. The molecule has 0 fully saturated rings. The van der Waals surface area contributed by atoms with Crippen LogP contribution in [-0.4, -0.2) is 17.0 Å². The van der Waals surface area contributed by atoms with Crippen LogP contribution >= 0.6 is 15.9 Å². The lowest BCUT2D eigenvalue weighted by atomic mass is 10.2. The molecule has 0 radical (unpaired) electrons. The van der Waals surface area contributed by atoms with E-state index in [4.69, 9.17) is 15.2 Å². The Labute approximate surface area is 153 Å². The first kappa shape index (κ1) is 17.2. The van der Waals surface area contributed by atoms with E-state index < -0.39 is 0 Å². The van der Waals surface area contributed by atoms with Crippen molar-refractivity contribution in [3.8, 4) is 17.4 Å². The number of fused-ring (bicyclic) bond motifs is 1. The maximum atomic E-state index is 10.9. The largest absolute Gasteiger partial charge is 0.490 e. The van der Waals surface area contributed by atoms with Crippen molar-refractivity contribution in [1.29, 1.82) is 0 Å². The summed E-state index contributed by atoms with van der Waals surface area (Å²) in [7, 11) is 0. The number of hydrogen-bond acceptors (Lipinski definition) is 4. The van der Waals surface area contributed by atoms with Crippen LogP contribution in [0.25, 0.3) is 10.9 Å². The van der Waals surface area contributed by atoms with Crippen molar-refractivity contribution in [2.24, 2.45) is 5.73 Å². The fraction of sp³-hybridized carbons (Fsp3) is 0.158. The molecule has 6 heteroatoms. The minimum Gasteiger partial charge on any atom is -0.490 e. The van der Waals surface area contributed by atoms with Gasteiger partial charge in [-0.05, 0) is 49.4 Å². The van der Waals surface area contributed by atoms with Gasteiger partial charge in [0, 0.05) is 15.9 Å². The molecule has 0 aliphatic rings. The van der Waals surface area contributed by atoms with Gasteiger partial charge in [-0.2, -0.15) is 0 Å². The van der Waals surface area contributed by atoms with Crippen molar-refractivity contribution in [2.75, 3.05) is 0 Å². The Hall–Kier alpha value is -2.60. The molecule has 0 aliphatic heterocycles. The number of pyridine rings is 1. The summed E-state index contributed by atoms with van der Waals surface area (Å²) in [4.78, 5) is 15.4. The first-order valence-corrected chi connectivity index (χ1v) is 8.58. The summed E-state index contributed by atoms with van der Waals surface area (Å²) >= 11 is 3.44. The Balaban J connectivity index is 1.70. The highest BCUT2D eigenvalue weighted by Crippen LogP contribution is 2.26. The third-order valence-corrected chi connectivity index (χ3v) is 3.99. The van der Waals surface area contributed by atoms with Crippen molar-refractivity contribution < 1.29 is 14.3 Å². The Kier molecular flexibility index (Phi) is 5.19. The molecule has 1 atom stereocenters. The Morgan fingerprint density at radius 3 is 2.52 bits per heavy atom. The van der Waals surface area contributed by atoms with Gasteiger partial charge in [0.05, 0.1) is 11.9 Å². The SMILES string of the molecule is CC(CC(N)=O)Oc1ccc(Oc2ccc3ccc(Br)cc3n2)cc1. The highest BCUT2D eigenvalue weighted by molar-refractivity contribution is 9.10. The summed E-state index contributed by atoms with van der Waals surface area (Å²) in [6.45, 7) is 1.80. The third kappa shape index (κ3) is 4.70. The molecule has 5 nitrogen and oxygen atoms in total. The molecule has 2 aromatic carbocycles. The van der Waals surface area contributed by atoms with Crippen LogP contribution in [0.3, 0.4) is 0 Å². The second-order valence-electron chi connectivity index (χ2n) is 5.66. The predicted molar refractivity (Wildman–Crippen MR) is 99.9 cm³/mol. The van der Waals surface area contributed by atoms with Gasteiger partial charge in [-0.25, -0.2) is 4.98 Å².